The number of nitrogens with zero attached hydrogens (tertiary/aromatic N) is 1. The third-order valence-corrected chi connectivity index (χ3v) is 4.04. The van der Waals surface area contributed by atoms with Crippen LogP contribution in [0.25, 0.3) is 6.08 Å². The van der Waals surface area contributed by atoms with Crippen LogP contribution in [-0.4, -0.2) is 19.6 Å². The molecule has 1 N–H and O–H groups in total. The van der Waals surface area contributed by atoms with Crippen molar-refractivity contribution in [3.8, 4) is 17.6 Å². The van der Waals surface area contributed by atoms with Gasteiger partial charge in [0.15, 0.2) is 0 Å². The quantitative estimate of drug-likeness (QED) is 0.624. The molecular formula is C21H22N2O3. The molecule has 0 fully saturated rings. The number of carbonyl (C=O) groups excluding carboxylic acids is 1. The number of nitrogens with one attached hydrogen (secondary N) is 1. The lowest BCUT2D eigenvalue weighted by Gasteiger charge is -2.11. The SMILES string of the molecule is CCOc1cc(OC)ccc1/C=C(\C#N)C(=O)Nc1cccc(C)c1C. The second-order valence-electron chi connectivity index (χ2n) is 5.71. The molecule has 0 heterocycles. The van der Waals surface area contributed by atoms with Gasteiger partial charge in [-0.05, 0) is 56.2 Å². The van der Waals surface area contributed by atoms with Gasteiger partial charge in [0.05, 0.1) is 13.7 Å². The first-order chi connectivity index (χ1) is 12.5. The van der Waals surface area contributed by atoms with Crippen LogP contribution < -0.4 is 14.8 Å². The van der Waals surface area contributed by atoms with Gasteiger partial charge in [0.2, 0.25) is 0 Å². The van der Waals surface area contributed by atoms with Crippen molar-refractivity contribution in [2.24, 2.45) is 0 Å². The molecule has 0 saturated carbocycles. The number of hydrogen-bond acceptors (Lipinski definition) is 4. The number of ether oxygens (including phenoxy) is 2. The molecule has 0 spiro atoms. The Kier molecular flexibility index (Phi) is 6.40. The molecule has 0 aliphatic heterocycles. The fraction of sp³-hybridized carbons (Fsp3) is 0.238. The third-order valence-electron chi connectivity index (χ3n) is 4.04. The molecule has 2 rings (SSSR count). The van der Waals surface area contributed by atoms with E-state index in [1.807, 2.05) is 45.0 Å². The van der Waals surface area contributed by atoms with Crippen molar-refractivity contribution in [1.29, 1.82) is 5.26 Å². The minimum atomic E-state index is -0.459. The van der Waals surface area contributed by atoms with Crippen molar-refractivity contribution in [2.75, 3.05) is 19.0 Å². The summed E-state index contributed by atoms with van der Waals surface area (Å²) < 4.78 is 10.8. The number of methoxy groups -OCH3 is 1. The van der Waals surface area contributed by atoms with E-state index < -0.39 is 5.91 Å². The summed E-state index contributed by atoms with van der Waals surface area (Å²) in [6.45, 7) is 6.23. The first kappa shape index (κ1) is 19.1. The molecule has 134 valence electrons. The number of nitriles is 1. The summed E-state index contributed by atoms with van der Waals surface area (Å²) >= 11 is 0. The monoisotopic (exact) mass is 350 g/mol. The molecule has 0 atom stereocenters. The first-order valence-corrected chi connectivity index (χ1v) is 8.30. The van der Waals surface area contributed by atoms with Gasteiger partial charge in [0.25, 0.3) is 5.91 Å². The second-order valence-corrected chi connectivity index (χ2v) is 5.71. The van der Waals surface area contributed by atoms with Gasteiger partial charge in [-0.25, -0.2) is 0 Å². The summed E-state index contributed by atoms with van der Waals surface area (Å²) in [6.07, 6.45) is 1.52. The van der Waals surface area contributed by atoms with Crippen molar-refractivity contribution >= 4 is 17.7 Å². The molecule has 0 radical (unpaired) electrons. The largest absolute Gasteiger partial charge is 0.497 e. The molecule has 0 unspecified atom stereocenters. The lowest BCUT2D eigenvalue weighted by Crippen LogP contribution is -2.14. The van der Waals surface area contributed by atoms with E-state index in [1.165, 1.54) is 6.08 Å². The van der Waals surface area contributed by atoms with Crippen molar-refractivity contribution in [2.45, 2.75) is 20.8 Å². The van der Waals surface area contributed by atoms with Crippen LogP contribution in [0.5, 0.6) is 11.5 Å². The van der Waals surface area contributed by atoms with Gasteiger partial charge in [-0.3, -0.25) is 4.79 Å². The van der Waals surface area contributed by atoms with E-state index in [1.54, 1.807) is 25.3 Å². The Morgan fingerprint density at radius 1 is 1.27 bits per heavy atom. The maximum Gasteiger partial charge on any atom is 0.266 e. The fourth-order valence-electron chi connectivity index (χ4n) is 2.42. The molecule has 0 aliphatic carbocycles. The number of hydrogen-bond donors (Lipinski definition) is 1. The average Bonchev–Trinajstić information content (AvgIpc) is 2.64. The van der Waals surface area contributed by atoms with Crippen molar-refractivity contribution in [3.63, 3.8) is 0 Å². The van der Waals surface area contributed by atoms with Crippen LogP contribution in [0.15, 0.2) is 42.0 Å². The zero-order valence-electron chi connectivity index (χ0n) is 15.4. The van der Waals surface area contributed by atoms with Gasteiger partial charge in [0.1, 0.15) is 23.1 Å². The molecule has 26 heavy (non-hydrogen) atoms. The zero-order valence-corrected chi connectivity index (χ0v) is 15.4. The van der Waals surface area contributed by atoms with Crippen LogP contribution >= 0.6 is 0 Å². The highest BCUT2D eigenvalue weighted by Crippen LogP contribution is 2.27. The summed E-state index contributed by atoms with van der Waals surface area (Å²) in [5.41, 5.74) is 3.37. The van der Waals surface area contributed by atoms with Gasteiger partial charge in [-0.1, -0.05) is 12.1 Å². The number of benzene rings is 2. The van der Waals surface area contributed by atoms with Crippen LogP contribution in [-0.2, 0) is 4.79 Å². The van der Waals surface area contributed by atoms with Gasteiger partial charge in [0, 0.05) is 17.3 Å². The number of amides is 1. The molecule has 5 heteroatoms. The molecule has 2 aromatic rings. The lowest BCUT2D eigenvalue weighted by atomic mass is 10.1. The molecule has 0 aliphatic rings. The van der Waals surface area contributed by atoms with Crippen LogP contribution in [0.3, 0.4) is 0 Å². The number of rotatable bonds is 6. The summed E-state index contributed by atoms with van der Waals surface area (Å²) in [4.78, 5) is 12.5. The smallest absolute Gasteiger partial charge is 0.266 e. The summed E-state index contributed by atoms with van der Waals surface area (Å²) in [7, 11) is 1.57. The summed E-state index contributed by atoms with van der Waals surface area (Å²) in [5, 5.41) is 12.2. The Hall–Kier alpha value is -3.26. The van der Waals surface area contributed by atoms with Crippen LogP contribution in [0, 0.1) is 25.2 Å². The van der Waals surface area contributed by atoms with E-state index in [4.69, 9.17) is 9.47 Å². The first-order valence-electron chi connectivity index (χ1n) is 8.30. The Morgan fingerprint density at radius 2 is 2.04 bits per heavy atom. The highest BCUT2D eigenvalue weighted by molar-refractivity contribution is 6.10. The van der Waals surface area contributed by atoms with Crippen molar-refractivity contribution < 1.29 is 14.3 Å². The fourth-order valence-corrected chi connectivity index (χ4v) is 2.42. The Morgan fingerprint density at radius 3 is 2.69 bits per heavy atom. The summed E-state index contributed by atoms with van der Waals surface area (Å²) in [5.74, 6) is 0.738. The molecule has 2 aromatic carbocycles. The lowest BCUT2D eigenvalue weighted by molar-refractivity contribution is -0.112. The molecule has 0 aromatic heterocycles. The molecular weight excluding hydrogens is 328 g/mol. The predicted molar refractivity (Wildman–Crippen MR) is 102 cm³/mol. The van der Waals surface area contributed by atoms with Crippen molar-refractivity contribution in [1.82, 2.24) is 0 Å². The van der Waals surface area contributed by atoms with Gasteiger partial charge in [-0.15, -0.1) is 0 Å². The molecule has 1 amide bonds. The van der Waals surface area contributed by atoms with E-state index >= 15 is 0 Å². The normalized spacial score (nSPS) is 10.8. The number of anilines is 1. The highest BCUT2D eigenvalue weighted by Gasteiger charge is 2.13. The van der Waals surface area contributed by atoms with Crippen LogP contribution in [0.1, 0.15) is 23.6 Å². The summed E-state index contributed by atoms with van der Waals surface area (Å²) in [6, 6.07) is 12.9. The second kappa shape index (κ2) is 8.72. The van der Waals surface area contributed by atoms with E-state index in [9.17, 15) is 10.1 Å². The van der Waals surface area contributed by atoms with Crippen molar-refractivity contribution in [3.05, 3.63) is 58.7 Å². The molecule has 5 nitrogen and oxygen atoms in total. The highest BCUT2D eigenvalue weighted by atomic mass is 16.5. The van der Waals surface area contributed by atoms with E-state index in [-0.39, 0.29) is 5.57 Å². The molecule has 0 bridgehead atoms. The Balaban J connectivity index is 2.34. The average molecular weight is 350 g/mol. The minimum absolute atomic E-state index is 0.00275. The zero-order chi connectivity index (χ0) is 19.1. The Bertz CT molecular complexity index is 879. The standard InChI is InChI=1S/C21H22N2O3/c1-5-26-20-12-18(25-4)10-9-16(20)11-17(13-22)21(24)23-19-8-6-7-14(2)15(19)3/h6-12H,5H2,1-4H3,(H,23,24)/b17-11+. The topological polar surface area (TPSA) is 71.3 Å². The third kappa shape index (κ3) is 4.42. The number of aryl methyl sites for hydroxylation is 1. The van der Waals surface area contributed by atoms with Crippen LogP contribution in [0.4, 0.5) is 5.69 Å². The van der Waals surface area contributed by atoms with Gasteiger partial charge in [-0.2, -0.15) is 5.26 Å². The number of carbonyl (C=O) groups is 1. The van der Waals surface area contributed by atoms with Crippen LogP contribution in [0.2, 0.25) is 0 Å². The van der Waals surface area contributed by atoms with E-state index in [0.717, 1.165) is 11.1 Å². The minimum Gasteiger partial charge on any atom is -0.497 e. The maximum atomic E-state index is 12.5. The Labute approximate surface area is 153 Å². The maximum absolute atomic E-state index is 12.5. The van der Waals surface area contributed by atoms with E-state index in [2.05, 4.69) is 5.32 Å². The molecule has 0 saturated heterocycles. The van der Waals surface area contributed by atoms with Gasteiger partial charge < -0.3 is 14.8 Å². The van der Waals surface area contributed by atoms with E-state index in [0.29, 0.717) is 29.4 Å². The van der Waals surface area contributed by atoms with Gasteiger partial charge >= 0.3 is 0 Å². The predicted octanol–water partition coefficient (Wildman–Crippen LogP) is 4.26.